The topological polar surface area (TPSA) is 57.7 Å². The van der Waals surface area contributed by atoms with Gasteiger partial charge in [0.05, 0.1) is 19.8 Å². The Bertz CT molecular complexity index is 623. The highest BCUT2D eigenvalue weighted by Gasteiger charge is 2.09. The van der Waals surface area contributed by atoms with Gasteiger partial charge in [-0.2, -0.15) is 0 Å². The number of hydrogen-bond acceptors (Lipinski definition) is 5. The number of nitrogens with zero attached hydrogens (tertiary/aromatic N) is 1. The molecule has 2 aromatic rings. The van der Waals surface area contributed by atoms with Crippen LogP contribution in [0.5, 0.6) is 17.4 Å². The number of carbonyl (C=O) groups excluding carboxylic acids is 1. The van der Waals surface area contributed by atoms with E-state index >= 15 is 0 Å². The zero-order valence-corrected chi connectivity index (χ0v) is 12.3. The largest absolute Gasteiger partial charge is 0.497 e. The van der Waals surface area contributed by atoms with Gasteiger partial charge in [-0.25, -0.2) is 9.78 Å². The van der Waals surface area contributed by atoms with E-state index in [2.05, 4.69) is 9.72 Å². The fraction of sp³-hybridized carbons (Fsp3) is 0.250. The summed E-state index contributed by atoms with van der Waals surface area (Å²) in [7, 11) is 2.96. The Morgan fingerprint density at radius 2 is 2.00 bits per heavy atom. The van der Waals surface area contributed by atoms with Gasteiger partial charge >= 0.3 is 5.97 Å². The minimum absolute atomic E-state index is 0.385. The van der Waals surface area contributed by atoms with Gasteiger partial charge in [-0.1, -0.05) is 6.92 Å². The molecule has 0 unspecified atom stereocenters. The molecule has 2 rings (SSSR count). The van der Waals surface area contributed by atoms with Crippen LogP contribution >= 0.6 is 0 Å². The van der Waals surface area contributed by atoms with Gasteiger partial charge in [-0.3, -0.25) is 0 Å². The molecule has 0 saturated carbocycles. The summed E-state index contributed by atoms with van der Waals surface area (Å²) < 4.78 is 15.6. The summed E-state index contributed by atoms with van der Waals surface area (Å²) in [5.41, 5.74) is 1.41. The van der Waals surface area contributed by atoms with E-state index in [1.165, 1.54) is 13.3 Å². The van der Waals surface area contributed by atoms with Crippen LogP contribution in [-0.2, 0) is 11.2 Å². The van der Waals surface area contributed by atoms with Crippen LogP contribution in [-0.4, -0.2) is 25.2 Å². The first-order chi connectivity index (χ1) is 10.2. The molecule has 110 valence electrons. The highest BCUT2D eigenvalue weighted by atomic mass is 16.5. The number of pyridine rings is 1. The average Bonchev–Trinajstić information content (AvgIpc) is 2.55. The van der Waals surface area contributed by atoms with Crippen LogP contribution in [0.15, 0.2) is 36.5 Å². The van der Waals surface area contributed by atoms with E-state index in [1.807, 2.05) is 25.1 Å². The molecule has 21 heavy (non-hydrogen) atoms. The van der Waals surface area contributed by atoms with Crippen molar-refractivity contribution in [3.05, 3.63) is 47.7 Å². The maximum Gasteiger partial charge on any atom is 0.339 e. The van der Waals surface area contributed by atoms with Crippen molar-refractivity contribution in [3.63, 3.8) is 0 Å². The number of esters is 1. The van der Waals surface area contributed by atoms with Gasteiger partial charge in [0.2, 0.25) is 5.88 Å². The maximum absolute atomic E-state index is 11.3. The third-order valence-corrected chi connectivity index (χ3v) is 3.02. The number of aromatic nitrogens is 1. The Kier molecular flexibility index (Phi) is 4.77. The molecule has 1 aromatic carbocycles. The molecule has 0 spiro atoms. The summed E-state index contributed by atoms with van der Waals surface area (Å²) in [6, 6.07) is 8.85. The SMILES string of the molecule is CCc1cc(OC)ccc1Oc1ccc(C(=O)OC)cn1. The predicted octanol–water partition coefficient (Wildman–Crippen LogP) is 3.23. The van der Waals surface area contributed by atoms with Gasteiger partial charge < -0.3 is 14.2 Å². The Balaban J connectivity index is 2.20. The lowest BCUT2D eigenvalue weighted by atomic mass is 10.1. The first kappa shape index (κ1) is 14.8. The zero-order chi connectivity index (χ0) is 15.2. The van der Waals surface area contributed by atoms with E-state index in [-0.39, 0.29) is 0 Å². The van der Waals surface area contributed by atoms with E-state index in [1.54, 1.807) is 19.2 Å². The second-order valence-electron chi connectivity index (χ2n) is 4.31. The molecule has 1 heterocycles. The lowest BCUT2D eigenvalue weighted by Crippen LogP contribution is -2.02. The standard InChI is InChI=1S/C16H17NO4/c1-4-11-9-13(19-2)6-7-14(11)21-15-8-5-12(10-17-15)16(18)20-3/h5-10H,4H2,1-3H3. The zero-order valence-electron chi connectivity index (χ0n) is 12.3. The van der Waals surface area contributed by atoms with Crippen LogP contribution in [0, 0.1) is 0 Å². The molecule has 5 nitrogen and oxygen atoms in total. The summed E-state index contributed by atoms with van der Waals surface area (Å²) in [6.45, 7) is 2.04. The van der Waals surface area contributed by atoms with Crippen LogP contribution < -0.4 is 9.47 Å². The lowest BCUT2D eigenvalue weighted by Gasteiger charge is -2.11. The molecule has 0 aliphatic rings. The number of rotatable bonds is 5. The Morgan fingerprint density at radius 3 is 2.57 bits per heavy atom. The van der Waals surface area contributed by atoms with Crippen LogP contribution in [0.1, 0.15) is 22.8 Å². The van der Waals surface area contributed by atoms with Crippen molar-refractivity contribution in [2.24, 2.45) is 0 Å². The molecule has 0 radical (unpaired) electrons. The molecule has 0 fully saturated rings. The smallest absolute Gasteiger partial charge is 0.339 e. The second kappa shape index (κ2) is 6.74. The Morgan fingerprint density at radius 1 is 1.19 bits per heavy atom. The van der Waals surface area contributed by atoms with Gasteiger partial charge in [0, 0.05) is 12.3 Å². The summed E-state index contributed by atoms with van der Waals surface area (Å²) in [5, 5.41) is 0. The molecule has 0 saturated heterocycles. The van der Waals surface area contributed by atoms with Crippen molar-refractivity contribution >= 4 is 5.97 Å². The number of aryl methyl sites for hydroxylation is 1. The first-order valence-corrected chi connectivity index (χ1v) is 6.57. The average molecular weight is 287 g/mol. The fourth-order valence-electron chi connectivity index (χ4n) is 1.85. The quantitative estimate of drug-likeness (QED) is 0.790. The minimum atomic E-state index is -0.423. The van der Waals surface area contributed by atoms with Gasteiger partial charge in [0.15, 0.2) is 0 Å². The molecular formula is C16H17NO4. The lowest BCUT2D eigenvalue weighted by molar-refractivity contribution is 0.0600. The first-order valence-electron chi connectivity index (χ1n) is 6.57. The molecule has 0 bridgehead atoms. The van der Waals surface area contributed by atoms with E-state index in [0.717, 1.165) is 23.5 Å². The van der Waals surface area contributed by atoms with Crippen molar-refractivity contribution in [3.8, 4) is 17.4 Å². The van der Waals surface area contributed by atoms with Crippen molar-refractivity contribution in [2.45, 2.75) is 13.3 Å². The molecule has 0 aliphatic heterocycles. The number of methoxy groups -OCH3 is 2. The molecule has 0 atom stereocenters. The fourth-order valence-corrected chi connectivity index (χ4v) is 1.85. The third-order valence-electron chi connectivity index (χ3n) is 3.02. The molecule has 5 heteroatoms. The van der Waals surface area contributed by atoms with Crippen LogP contribution in [0.25, 0.3) is 0 Å². The van der Waals surface area contributed by atoms with Crippen LogP contribution in [0.4, 0.5) is 0 Å². The second-order valence-corrected chi connectivity index (χ2v) is 4.31. The van der Waals surface area contributed by atoms with Gasteiger partial charge in [0.25, 0.3) is 0 Å². The van der Waals surface area contributed by atoms with Crippen molar-refractivity contribution in [1.29, 1.82) is 0 Å². The Hall–Kier alpha value is -2.56. The maximum atomic E-state index is 11.3. The summed E-state index contributed by atoms with van der Waals surface area (Å²) in [6.07, 6.45) is 2.24. The molecule has 1 aromatic heterocycles. The van der Waals surface area contributed by atoms with Gasteiger partial charge in [-0.05, 0) is 36.2 Å². The summed E-state index contributed by atoms with van der Waals surface area (Å²) in [4.78, 5) is 15.4. The molecule has 0 aliphatic carbocycles. The number of hydrogen-bond donors (Lipinski definition) is 0. The Labute approximate surface area is 123 Å². The van der Waals surface area contributed by atoms with Crippen LogP contribution in [0.3, 0.4) is 0 Å². The molecule has 0 amide bonds. The normalized spacial score (nSPS) is 10.0. The highest BCUT2D eigenvalue weighted by molar-refractivity contribution is 5.88. The predicted molar refractivity (Wildman–Crippen MR) is 78.0 cm³/mol. The number of carbonyl (C=O) groups is 1. The van der Waals surface area contributed by atoms with Crippen LogP contribution in [0.2, 0.25) is 0 Å². The van der Waals surface area contributed by atoms with Crippen molar-refractivity contribution < 1.29 is 19.0 Å². The third kappa shape index (κ3) is 3.51. The van der Waals surface area contributed by atoms with E-state index < -0.39 is 5.97 Å². The van der Waals surface area contributed by atoms with E-state index in [0.29, 0.717) is 11.4 Å². The van der Waals surface area contributed by atoms with Crippen molar-refractivity contribution in [2.75, 3.05) is 14.2 Å². The minimum Gasteiger partial charge on any atom is -0.497 e. The summed E-state index contributed by atoms with van der Waals surface area (Å²) in [5.74, 6) is 1.50. The number of ether oxygens (including phenoxy) is 3. The van der Waals surface area contributed by atoms with Gasteiger partial charge in [0.1, 0.15) is 11.5 Å². The number of benzene rings is 1. The van der Waals surface area contributed by atoms with E-state index in [9.17, 15) is 4.79 Å². The highest BCUT2D eigenvalue weighted by Crippen LogP contribution is 2.28. The van der Waals surface area contributed by atoms with Gasteiger partial charge in [-0.15, -0.1) is 0 Å². The molecular weight excluding hydrogens is 270 g/mol. The summed E-state index contributed by atoms with van der Waals surface area (Å²) >= 11 is 0. The van der Waals surface area contributed by atoms with Crippen molar-refractivity contribution in [1.82, 2.24) is 4.98 Å². The molecule has 0 N–H and O–H groups in total. The monoisotopic (exact) mass is 287 g/mol. The van der Waals surface area contributed by atoms with E-state index in [4.69, 9.17) is 9.47 Å².